The molecule has 0 bridgehead atoms. The van der Waals surface area contributed by atoms with Crippen LogP contribution in [-0.2, 0) is 0 Å². The van der Waals surface area contributed by atoms with Gasteiger partial charge in [-0.1, -0.05) is 23.2 Å². The summed E-state index contributed by atoms with van der Waals surface area (Å²) in [6.45, 7) is 4.47. The van der Waals surface area contributed by atoms with Gasteiger partial charge in [0.1, 0.15) is 0 Å². The number of rotatable bonds is 3. The maximum absolute atomic E-state index is 12.8. The molecule has 1 atom stereocenters. The minimum absolute atomic E-state index is 0.0337. The lowest BCUT2D eigenvalue weighted by atomic mass is 10.1. The number of halogens is 3. The van der Waals surface area contributed by atoms with Crippen molar-refractivity contribution in [3.8, 4) is 0 Å². The van der Waals surface area contributed by atoms with Gasteiger partial charge >= 0.3 is 0 Å². The Morgan fingerprint density at radius 2 is 1.47 bits per heavy atom. The van der Waals surface area contributed by atoms with E-state index in [4.69, 9.17) is 23.2 Å². The number of carbonyl (C=O) groups excluding carboxylic acids is 2. The number of hydrogen-bond acceptors (Lipinski definition) is 3. The van der Waals surface area contributed by atoms with E-state index < -0.39 is 0 Å². The van der Waals surface area contributed by atoms with Gasteiger partial charge in [0.15, 0.2) is 0 Å². The zero-order valence-corrected chi connectivity index (χ0v) is 19.5. The summed E-state index contributed by atoms with van der Waals surface area (Å²) in [6.07, 6.45) is 0.950. The van der Waals surface area contributed by atoms with E-state index in [1.165, 1.54) is 0 Å². The van der Waals surface area contributed by atoms with Crippen molar-refractivity contribution in [3.05, 3.63) is 68.1 Å². The number of piperazine rings is 1. The summed E-state index contributed by atoms with van der Waals surface area (Å²) < 4.78 is 0.729. The topological polar surface area (TPSA) is 43.9 Å². The third kappa shape index (κ3) is 4.67. The average Bonchev–Trinajstić information content (AvgIpc) is 3.25. The Morgan fingerprint density at radius 3 is 2.13 bits per heavy atom. The summed E-state index contributed by atoms with van der Waals surface area (Å²) in [7, 11) is 0. The van der Waals surface area contributed by atoms with Gasteiger partial charge in [0.2, 0.25) is 0 Å². The Bertz CT molecular complexity index is 946. The Balaban J connectivity index is 1.31. The first-order valence-electron chi connectivity index (χ1n) is 9.95. The quantitative estimate of drug-likeness (QED) is 0.613. The summed E-state index contributed by atoms with van der Waals surface area (Å²) >= 11 is 15.3. The van der Waals surface area contributed by atoms with Crippen LogP contribution in [0.3, 0.4) is 0 Å². The minimum Gasteiger partial charge on any atom is -0.337 e. The molecule has 2 aliphatic heterocycles. The third-order valence-electron chi connectivity index (χ3n) is 5.83. The van der Waals surface area contributed by atoms with Gasteiger partial charge < -0.3 is 9.80 Å². The predicted octanol–water partition coefficient (Wildman–Crippen LogP) is 4.43. The van der Waals surface area contributed by atoms with Crippen molar-refractivity contribution < 1.29 is 9.59 Å². The summed E-state index contributed by atoms with van der Waals surface area (Å²) in [5.41, 5.74) is 1.31. The number of amides is 2. The molecule has 8 heteroatoms. The standard InChI is InChI=1S/C22H22BrCl2N3O2/c23-19-13-16(3-6-20(19)25)22(30)28-8-7-18(14-28)26-9-11-27(12-10-26)21(29)15-1-4-17(24)5-2-15/h1-6,13,18H,7-12,14H2/t18-/m0/s1. The van der Waals surface area contributed by atoms with E-state index in [1.807, 2.05) is 9.80 Å². The highest BCUT2D eigenvalue weighted by molar-refractivity contribution is 9.10. The van der Waals surface area contributed by atoms with Crippen molar-refractivity contribution in [2.75, 3.05) is 39.3 Å². The Labute approximate surface area is 194 Å². The second-order valence-electron chi connectivity index (χ2n) is 7.66. The van der Waals surface area contributed by atoms with Gasteiger partial charge in [0, 0.05) is 65.9 Å². The van der Waals surface area contributed by atoms with E-state index >= 15 is 0 Å². The van der Waals surface area contributed by atoms with Gasteiger partial charge in [-0.25, -0.2) is 0 Å². The maximum atomic E-state index is 12.8. The lowest BCUT2D eigenvalue weighted by Crippen LogP contribution is -2.52. The molecule has 0 aromatic heterocycles. The van der Waals surface area contributed by atoms with Gasteiger partial charge in [-0.2, -0.15) is 0 Å². The molecule has 2 fully saturated rings. The molecule has 2 aromatic carbocycles. The first kappa shape index (κ1) is 21.6. The molecular weight excluding hydrogens is 489 g/mol. The summed E-state index contributed by atoms with van der Waals surface area (Å²) in [5.74, 6) is 0.0780. The molecule has 2 saturated heterocycles. The molecule has 2 aliphatic rings. The molecule has 2 amide bonds. The largest absolute Gasteiger partial charge is 0.337 e. The molecule has 2 aromatic rings. The predicted molar refractivity (Wildman–Crippen MR) is 122 cm³/mol. The van der Waals surface area contributed by atoms with Crippen LogP contribution >= 0.6 is 39.1 Å². The second-order valence-corrected chi connectivity index (χ2v) is 9.36. The molecule has 0 aliphatic carbocycles. The van der Waals surface area contributed by atoms with Crippen molar-refractivity contribution in [1.82, 2.24) is 14.7 Å². The van der Waals surface area contributed by atoms with Crippen molar-refractivity contribution in [1.29, 1.82) is 0 Å². The molecule has 0 saturated carbocycles. The molecule has 0 unspecified atom stereocenters. The molecule has 30 heavy (non-hydrogen) atoms. The number of nitrogens with zero attached hydrogens (tertiary/aromatic N) is 3. The fourth-order valence-electron chi connectivity index (χ4n) is 4.10. The number of hydrogen-bond donors (Lipinski definition) is 0. The second kappa shape index (κ2) is 9.27. The minimum atomic E-state index is 0.0337. The summed E-state index contributed by atoms with van der Waals surface area (Å²) in [6, 6.07) is 12.6. The highest BCUT2D eigenvalue weighted by atomic mass is 79.9. The highest BCUT2D eigenvalue weighted by Gasteiger charge is 2.33. The van der Waals surface area contributed by atoms with Crippen LogP contribution in [0.2, 0.25) is 10.0 Å². The Morgan fingerprint density at radius 1 is 0.833 bits per heavy atom. The van der Waals surface area contributed by atoms with Gasteiger partial charge in [-0.3, -0.25) is 14.5 Å². The van der Waals surface area contributed by atoms with E-state index in [9.17, 15) is 9.59 Å². The molecule has 4 rings (SSSR count). The molecular formula is C22H22BrCl2N3O2. The normalized spacial score (nSPS) is 19.9. The molecule has 0 radical (unpaired) electrons. The van der Waals surface area contributed by atoms with E-state index in [2.05, 4.69) is 20.8 Å². The lowest BCUT2D eigenvalue weighted by Gasteiger charge is -2.38. The fraction of sp³-hybridized carbons (Fsp3) is 0.364. The number of carbonyl (C=O) groups is 2. The van der Waals surface area contributed by atoms with Crippen molar-refractivity contribution in [2.24, 2.45) is 0 Å². The Hall–Kier alpha value is -1.60. The first-order valence-corrected chi connectivity index (χ1v) is 11.5. The van der Waals surface area contributed by atoms with E-state index in [1.54, 1.807) is 42.5 Å². The van der Waals surface area contributed by atoms with E-state index in [-0.39, 0.29) is 11.8 Å². The van der Waals surface area contributed by atoms with Crippen molar-refractivity contribution in [3.63, 3.8) is 0 Å². The van der Waals surface area contributed by atoms with Crippen molar-refractivity contribution in [2.45, 2.75) is 12.5 Å². The van der Waals surface area contributed by atoms with Gasteiger partial charge in [0.05, 0.1) is 5.02 Å². The summed E-state index contributed by atoms with van der Waals surface area (Å²) in [5, 5.41) is 1.22. The van der Waals surface area contributed by atoms with E-state index in [0.29, 0.717) is 46.8 Å². The van der Waals surface area contributed by atoms with Crippen molar-refractivity contribution >= 4 is 50.9 Å². The van der Waals surface area contributed by atoms with Crippen LogP contribution in [0.4, 0.5) is 0 Å². The maximum Gasteiger partial charge on any atom is 0.253 e. The number of benzene rings is 2. The fourth-order valence-corrected chi connectivity index (χ4v) is 4.72. The van der Waals surface area contributed by atoms with Crippen LogP contribution in [-0.4, -0.2) is 71.8 Å². The van der Waals surface area contributed by atoms with Crippen LogP contribution in [0.25, 0.3) is 0 Å². The third-order valence-corrected chi connectivity index (χ3v) is 7.29. The molecule has 5 nitrogen and oxygen atoms in total. The highest BCUT2D eigenvalue weighted by Crippen LogP contribution is 2.26. The molecule has 158 valence electrons. The molecule has 0 spiro atoms. The number of likely N-dealkylation sites (tertiary alicyclic amines) is 1. The molecule has 0 N–H and O–H groups in total. The van der Waals surface area contributed by atoms with Gasteiger partial charge in [-0.15, -0.1) is 0 Å². The lowest BCUT2D eigenvalue weighted by molar-refractivity contribution is 0.0568. The monoisotopic (exact) mass is 509 g/mol. The van der Waals surface area contributed by atoms with Gasteiger partial charge in [0.25, 0.3) is 11.8 Å². The smallest absolute Gasteiger partial charge is 0.253 e. The zero-order chi connectivity index (χ0) is 21.3. The van der Waals surface area contributed by atoms with Gasteiger partial charge in [-0.05, 0) is 64.8 Å². The van der Waals surface area contributed by atoms with E-state index in [0.717, 1.165) is 30.5 Å². The average molecular weight is 511 g/mol. The first-order chi connectivity index (χ1) is 14.4. The Kier molecular flexibility index (Phi) is 6.68. The summed E-state index contributed by atoms with van der Waals surface area (Å²) in [4.78, 5) is 31.7. The van der Waals surface area contributed by atoms with Crippen LogP contribution < -0.4 is 0 Å². The van der Waals surface area contributed by atoms with Crippen LogP contribution in [0.1, 0.15) is 27.1 Å². The van der Waals surface area contributed by atoms with Crippen LogP contribution in [0.15, 0.2) is 46.9 Å². The SMILES string of the molecule is O=C(c1ccc(Cl)cc1)N1CCN([C@H]2CCN(C(=O)c3ccc(Cl)c(Br)c3)C2)CC1. The zero-order valence-electron chi connectivity index (χ0n) is 16.4. The molecule has 2 heterocycles. The van der Waals surface area contributed by atoms with Crippen LogP contribution in [0.5, 0.6) is 0 Å². The van der Waals surface area contributed by atoms with Crippen LogP contribution in [0, 0.1) is 0 Å².